The smallest absolute Gasteiger partial charge is 0.162 e. The summed E-state index contributed by atoms with van der Waals surface area (Å²) in [5.41, 5.74) is -1.22. The highest BCUT2D eigenvalue weighted by Gasteiger charge is 2.47. The lowest BCUT2D eigenvalue weighted by Crippen LogP contribution is -2.52. The molecule has 0 bridgehead atoms. The number of carbonyl (C=O) groups excluding carboxylic acids is 1. The van der Waals surface area contributed by atoms with E-state index in [0.717, 1.165) is 0 Å². The van der Waals surface area contributed by atoms with Gasteiger partial charge in [0.25, 0.3) is 0 Å². The van der Waals surface area contributed by atoms with Crippen LogP contribution in [0.15, 0.2) is 18.2 Å². The van der Waals surface area contributed by atoms with Gasteiger partial charge in [0.15, 0.2) is 6.10 Å². The van der Waals surface area contributed by atoms with Crippen LogP contribution in [0.2, 0.25) is 0 Å². The van der Waals surface area contributed by atoms with Crippen molar-refractivity contribution in [3.8, 4) is 5.75 Å². The third-order valence-corrected chi connectivity index (χ3v) is 3.11. The third kappa shape index (κ3) is 1.89. The Morgan fingerprint density at radius 2 is 2.00 bits per heavy atom. The molecule has 1 aromatic carbocycles. The van der Waals surface area contributed by atoms with Crippen molar-refractivity contribution < 1.29 is 30.0 Å². The lowest BCUT2D eigenvalue weighted by Gasteiger charge is -2.31. The fourth-order valence-corrected chi connectivity index (χ4v) is 1.98. The number of rotatable bonds is 4. The van der Waals surface area contributed by atoms with Crippen LogP contribution in [0.25, 0.3) is 0 Å². The molecule has 0 saturated heterocycles. The van der Waals surface area contributed by atoms with Gasteiger partial charge in [0.1, 0.15) is 23.7 Å². The highest BCUT2D eigenvalue weighted by atomic mass is 16.5. The second-order valence-electron chi connectivity index (χ2n) is 4.32. The zero-order valence-corrected chi connectivity index (χ0v) is 9.48. The molecule has 2 unspecified atom stereocenters. The second-order valence-corrected chi connectivity index (χ2v) is 4.32. The molecule has 0 fully saturated rings. The summed E-state index contributed by atoms with van der Waals surface area (Å²) in [6.07, 6.45) is -1.77. The van der Waals surface area contributed by atoms with E-state index in [-0.39, 0.29) is 0 Å². The molecule has 1 heterocycles. The Labute approximate surface area is 103 Å². The summed E-state index contributed by atoms with van der Waals surface area (Å²) in [5, 5.41) is 38.2. The van der Waals surface area contributed by atoms with Crippen LogP contribution in [0, 0.1) is 0 Å². The highest BCUT2D eigenvalue weighted by molar-refractivity contribution is 5.76. The number of aliphatic hydroxyl groups is 4. The Kier molecular flexibility index (Phi) is 3.36. The van der Waals surface area contributed by atoms with E-state index in [1.165, 1.54) is 18.2 Å². The molecule has 2 atom stereocenters. The summed E-state index contributed by atoms with van der Waals surface area (Å²) in [4.78, 5) is 10.7. The van der Waals surface area contributed by atoms with Gasteiger partial charge in [-0.3, -0.25) is 4.79 Å². The molecule has 1 aromatic rings. The average Bonchev–Trinajstić information content (AvgIpc) is 2.75. The van der Waals surface area contributed by atoms with Crippen LogP contribution in [-0.4, -0.2) is 51.6 Å². The number of hydrogen-bond acceptors (Lipinski definition) is 6. The van der Waals surface area contributed by atoms with Crippen molar-refractivity contribution in [1.29, 1.82) is 0 Å². The summed E-state index contributed by atoms with van der Waals surface area (Å²) >= 11 is 0. The van der Waals surface area contributed by atoms with Crippen LogP contribution in [0.1, 0.15) is 22.0 Å². The lowest BCUT2D eigenvalue weighted by molar-refractivity contribution is -0.145. The molecule has 6 nitrogen and oxygen atoms in total. The predicted octanol–water partition coefficient (Wildman–Crippen LogP) is -0.991. The lowest BCUT2D eigenvalue weighted by atomic mass is 9.92. The van der Waals surface area contributed by atoms with E-state index >= 15 is 0 Å². The summed E-state index contributed by atoms with van der Waals surface area (Å²) in [7, 11) is 0. The minimum Gasteiger partial charge on any atom is -0.484 e. The fraction of sp³-hybridized carbons (Fsp3) is 0.417. The van der Waals surface area contributed by atoms with Crippen LogP contribution in [-0.2, 0) is 0 Å². The number of carbonyl (C=O) groups is 1. The van der Waals surface area contributed by atoms with Gasteiger partial charge in [-0.05, 0) is 18.2 Å². The van der Waals surface area contributed by atoms with Crippen molar-refractivity contribution in [2.24, 2.45) is 0 Å². The maximum absolute atomic E-state index is 10.7. The van der Waals surface area contributed by atoms with Gasteiger partial charge in [-0.2, -0.15) is 0 Å². The fourth-order valence-electron chi connectivity index (χ4n) is 1.98. The number of hydrogen-bond donors (Lipinski definition) is 4. The Bertz CT molecular complexity index is 454. The van der Waals surface area contributed by atoms with Gasteiger partial charge >= 0.3 is 0 Å². The van der Waals surface area contributed by atoms with Crippen molar-refractivity contribution >= 4 is 6.29 Å². The van der Waals surface area contributed by atoms with Crippen molar-refractivity contribution in [2.45, 2.75) is 17.8 Å². The van der Waals surface area contributed by atoms with Gasteiger partial charge < -0.3 is 25.2 Å². The van der Waals surface area contributed by atoms with Gasteiger partial charge in [-0.25, -0.2) is 0 Å². The molecule has 1 aliphatic rings. The minimum atomic E-state index is -1.94. The predicted molar refractivity (Wildman–Crippen MR) is 60.3 cm³/mol. The van der Waals surface area contributed by atoms with Gasteiger partial charge in [0.05, 0.1) is 13.2 Å². The molecule has 6 heteroatoms. The van der Waals surface area contributed by atoms with E-state index in [1.54, 1.807) is 0 Å². The molecule has 0 spiro atoms. The monoisotopic (exact) mass is 254 g/mol. The zero-order valence-electron chi connectivity index (χ0n) is 9.48. The van der Waals surface area contributed by atoms with Gasteiger partial charge in [0, 0.05) is 11.1 Å². The van der Waals surface area contributed by atoms with Gasteiger partial charge in [0.2, 0.25) is 0 Å². The van der Waals surface area contributed by atoms with Crippen LogP contribution >= 0.6 is 0 Å². The van der Waals surface area contributed by atoms with Crippen molar-refractivity contribution in [2.75, 3.05) is 13.2 Å². The van der Waals surface area contributed by atoms with E-state index < -0.39 is 31.0 Å². The molecule has 1 aliphatic heterocycles. The third-order valence-electron chi connectivity index (χ3n) is 3.11. The molecule has 0 aromatic heterocycles. The van der Waals surface area contributed by atoms with Gasteiger partial charge in [-0.15, -0.1) is 0 Å². The molecular weight excluding hydrogens is 240 g/mol. The first-order valence-electron chi connectivity index (χ1n) is 5.43. The van der Waals surface area contributed by atoms with Crippen LogP contribution < -0.4 is 4.74 Å². The molecule has 0 amide bonds. The largest absolute Gasteiger partial charge is 0.484 e. The minimum absolute atomic E-state index is 0.318. The summed E-state index contributed by atoms with van der Waals surface area (Å²) in [6, 6.07) is 4.46. The molecule has 4 N–H and O–H groups in total. The summed E-state index contributed by atoms with van der Waals surface area (Å²) in [6.45, 7) is -1.50. The average molecular weight is 254 g/mol. The summed E-state index contributed by atoms with van der Waals surface area (Å²) < 4.78 is 5.33. The quantitative estimate of drug-likeness (QED) is 0.514. The van der Waals surface area contributed by atoms with Crippen LogP contribution in [0.5, 0.6) is 5.75 Å². The number of fused-ring (bicyclic) bond motifs is 1. The Morgan fingerprint density at radius 3 is 2.56 bits per heavy atom. The Morgan fingerprint density at radius 1 is 1.33 bits per heavy atom. The first-order valence-corrected chi connectivity index (χ1v) is 5.43. The first kappa shape index (κ1) is 13.0. The first-order chi connectivity index (χ1) is 8.55. The van der Waals surface area contributed by atoms with Crippen LogP contribution in [0.4, 0.5) is 0 Å². The van der Waals surface area contributed by atoms with Crippen LogP contribution in [0.3, 0.4) is 0 Å². The van der Waals surface area contributed by atoms with Crippen molar-refractivity contribution in [3.63, 3.8) is 0 Å². The number of benzene rings is 1. The maximum atomic E-state index is 10.7. The van der Waals surface area contributed by atoms with Crippen molar-refractivity contribution in [3.05, 3.63) is 29.3 Å². The molecule has 2 rings (SSSR count). The number of ether oxygens (including phenoxy) is 1. The maximum Gasteiger partial charge on any atom is 0.162 e. The SMILES string of the molecule is O=Cc1ccc2c(c1)C(O)C(C(O)(CO)CO)O2. The standard InChI is InChI=1S/C12H14O6/c13-4-7-1-2-9-8(3-7)10(16)11(18-9)12(17,5-14)6-15/h1-4,10-11,14-17H,5-6H2. The molecule has 18 heavy (non-hydrogen) atoms. The van der Waals surface area contributed by atoms with E-state index in [0.29, 0.717) is 23.2 Å². The molecule has 0 aliphatic carbocycles. The van der Waals surface area contributed by atoms with Gasteiger partial charge in [-0.1, -0.05) is 0 Å². The Hall–Kier alpha value is -1.47. The van der Waals surface area contributed by atoms with E-state index in [4.69, 9.17) is 14.9 Å². The highest BCUT2D eigenvalue weighted by Crippen LogP contribution is 2.40. The van der Waals surface area contributed by atoms with E-state index in [1.807, 2.05) is 0 Å². The normalized spacial score (nSPS) is 22.4. The molecular formula is C12H14O6. The zero-order chi connectivity index (χ0) is 13.3. The topological polar surface area (TPSA) is 107 Å². The molecule has 0 radical (unpaired) electrons. The van der Waals surface area contributed by atoms with Crippen molar-refractivity contribution in [1.82, 2.24) is 0 Å². The number of aliphatic hydroxyl groups excluding tert-OH is 3. The molecule has 0 saturated carbocycles. The second kappa shape index (κ2) is 4.66. The van der Waals surface area contributed by atoms with E-state index in [9.17, 15) is 15.0 Å². The van der Waals surface area contributed by atoms with E-state index in [2.05, 4.69) is 0 Å². The Balaban J connectivity index is 2.35. The molecule has 98 valence electrons. The summed E-state index contributed by atoms with van der Waals surface area (Å²) in [5.74, 6) is 0.318. The number of aldehydes is 1.